The van der Waals surface area contributed by atoms with E-state index >= 15 is 0 Å². The van der Waals surface area contributed by atoms with Gasteiger partial charge in [0.25, 0.3) is 0 Å². The Morgan fingerprint density at radius 2 is 1.50 bits per heavy atom. The second-order valence-corrected chi connectivity index (χ2v) is 6.88. The third-order valence-corrected chi connectivity index (χ3v) is 4.11. The van der Waals surface area contributed by atoms with E-state index in [0.29, 0.717) is 0 Å². The fraction of sp³-hybridized carbons (Fsp3) is 0.688. The van der Waals surface area contributed by atoms with Crippen molar-refractivity contribution in [2.24, 2.45) is 0 Å². The number of aliphatic hydroxyl groups is 2. The van der Waals surface area contributed by atoms with Gasteiger partial charge < -0.3 is 20.0 Å². The Bertz CT molecular complexity index is 449. The van der Waals surface area contributed by atoms with Crippen molar-refractivity contribution >= 4 is 19.0 Å². The van der Waals surface area contributed by atoms with Gasteiger partial charge in [0.1, 0.15) is 7.85 Å². The minimum absolute atomic E-state index is 0.737. The quantitative estimate of drug-likeness (QED) is 0.762. The summed E-state index contributed by atoms with van der Waals surface area (Å²) in [5.74, 6) is 0. The highest BCUT2D eigenvalue weighted by atomic mass is 16.3. The molecule has 0 atom stereocenters. The van der Waals surface area contributed by atoms with Crippen LogP contribution in [0.5, 0.6) is 0 Å². The van der Waals surface area contributed by atoms with Crippen LogP contribution in [0.25, 0.3) is 0 Å². The van der Waals surface area contributed by atoms with Gasteiger partial charge in [0.15, 0.2) is 0 Å². The number of hydrogen-bond donors (Lipinski definition) is 2. The highest BCUT2D eigenvalue weighted by Gasteiger charge is 2.31. The summed E-state index contributed by atoms with van der Waals surface area (Å²) in [6.45, 7) is 10.6. The molecule has 2 radical (unpaired) electrons. The van der Waals surface area contributed by atoms with Crippen LogP contribution >= 0.6 is 0 Å². The van der Waals surface area contributed by atoms with Crippen molar-refractivity contribution in [2.75, 3.05) is 38.1 Å². The summed E-state index contributed by atoms with van der Waals surface area (Å²) in [5, 5.41) is 18.2. The molecule has 1 fully saturated rings. The van der Waals surface area contributed by atoms with Crippen LogP contribution in [0, 0.1) is 0 Å². The number of nitrogens with zero attached hydrogens (tertiary/aromatic N) is 3. The molecule has 0 aliphatic carbocycles. The highest BCUT2D eigenvalue weighted by molar-refractivity contribution is 6.32. The summed E-state index contributed by atoms with van der Waals surface area (Å²) in [4.78, 5) is 8.75. The molecule has 0 aromatic carbocycles. The lowest BCUT2D eigenvalue weighted by atomic mass is 9.90. The van der Waals surface area contributed by atoms with Gasteiger partial charge in [0, 0.05) is 32.4 Å². The van der Waals surface area contributed by atoms with Crippen LogP contribution in [0.15, 0.2) is 18.5 Å². The zero-order valence-electron chi connectivity index (χ0n) is 14.4. The van der Waals surface area contributed by atoms with Gasteiger partial charge in [-0.1, -0.05) is 5.46 Å². The summed E-state index contributed by atoms with van der Waals surface area (Å²) in [5.41, 5.74) is -0.139. The molecule has 0 saturated carbocycles. The smallest absolute Gasteiger partial charge is 0.116 e. The van der Waals surface area contributed by atoms with E-state index in [9.17, 15) is 0 Å². The number of hydrogen-bond acceptors (Lipinski definition) is 5. The topological polar surface area (TPSA) is 59.8 Å². The van der Waals surface area contributed by atoms with Crippen molar-refractivity contribution in [2.45, 2.75) is 38.9 Å². The van der Waals surface area contributed by atoms with Gasteiger partial charge in [-0.2, -0.15) is 0 Å². The molecule has 0 amide bonds. The van der Waals surface area contributed by atoms with Gasteiger partial charge >= 0.3 is 0 Å². The number of anilines is 1. The molecule has 1 aromatic heterocycles. The van der Waals surface area contributed by atoms with E-state index in [1.165, 1.54) is 0 Å². The Hall–Kier alpha value is -1.11. The first-order valence-corrected chi connectivity index (χ1v) is 7.59. The van der Waals surface area contributed by atoms with Crippen LogP contribution in [-0.4, -0.2) is 72.4 Å². The minimum Gasteiger partial charge on any atom is -0.387 e. The fourth-order valence-electron chi connectivity index (χ4n) is 1.68. The van der Waals surface area contributed by atoms with Gasteiger partial charge in [0.2, 0.25) is 0 Å². The van der Waals surface area contributed by atoms with E-state index in [4.69, 9.17) is 18.1 Å². The number of piperazine rings is 1. The van der Waals surface area contributed by atoms with Crippen LogP contribution in [0.2, 0.25) is 0 Å². The van der Waals surface area contributed by atoms with Gasteiger partial charge in [-0.15, -0.1) is 0 Å². The average molecular weight is 305 g/mol. The summed E-state index contributed by atoms with van der Waals surface area (Å²) in [6, 6.07) is 1.98. The second kappa shape index (κ2) is 7.44. The Morgan fingerprint density at radius 3 is 1.91 bits per heavy atom. The van der Waals surface area contributed by atoms with Crippen LogP contribution in [0.4, 0.5) is 5.69 Å². The largest absolute Gasteiger partial charge is 0.387 e. The van der Waals surface area contributed by atoms with Gasteiger partial charge in [-0.3, -0.25) is 4.98 Å². The van der Waals surface area contributed by atoms with E-state index in [2.05, 4.69) is 21.8 Å². The van der Waals surface area contributed by atoms with Crippen LogP contribution < -0.4 is 10.4 Å². The number of aromatic nitrogens is 1. The standard InChI is InChI=1S/C10H14BN3.C6H14O2/c1-13-2-4-14(5-3-13)10-6-9(11)7-12-8-10;1-5(2,7)6(3,4)8/h6-8H,2-5H2,1H3;7-8H,1-4H3. The molecule has 1 saturated heterocycles. The Morgan fingerprint density at radius 1 is 1.00 bits per heavy atom. The van der Waals surface area contributed by atoms with E-state index < -0.39 is 11.2 Å². The van der Waals surface area contributed by atoms with Gasteiger partial charge in [-0.05, 0) is 40.8 Å². The molecule has 2 rings (SSSR count). The maximum atomic E-state index is 9.10. The van der Waals surface area contributed by atoms with Crippen LogP contribution in [0.1, 0.15) is 27.7 Å². The lowest BCUT2D eigenvalue weighted by molar-refractivity contribution is -0.107. The molecule has 1 aliphatic heterocycles. The van der Waals surface area contributed by atoms with Gasteiger partial charge in [0.05, 0.1) is 23.1 Å². The summed E-state index contributed by atoms with van der Waals surface area (Å²) in [6.07, 6.45) is 3.56. The van der Waals surface area contributed by atoms with Crippen molar-refractivity contribution in [3.05, 3.63) is 18.5 Å². The first kappa shape index (κ1) is 18.9. The van der Waals surface area contributed by atoms with Crippen LogP contribution in [0.3, 0.4) is 0 Å². The Kier molecular flexibility index (Phi) is 6.41. The van der Waals surface area contributed by atoms with Crippen molar-refractivity contribution in [3.63, 3.8) is 0 Å². The highest BCUT2D eigenvalue weighted by Crippen LogP contribution is 2.19. The maximum absolute atomic E-state index is 9.10. The molecule has 6 heteroatoms. The van der Waals surface area contributed by atoms with Crippen molar-refractivity contribution in [1.82, 2.24) is 9.88 Å². The molecule has 122 valence electrons. The zero-order chi connectivity index (χ0) is 17.0. The third-order valence-electron chi connectivity index (χ3n) is 4.11. The van der Waals surface area contributed by atoms with E-state index in [-0.39, 0.29) is 0 Å². The molecule has 1 aromatic rings. The normalized spacial score (nSPS) is 17.0. The summed E-state index contributed by atoms with van der Waals surface area (Å²) < 4.78 is 0. The molecule has 0 unspecified atom stereocenters. The summed E-state index contributed by atoms with van der Waals surface area (Å²) in [7, 11) is 7.84. The predicted octanol–water partition coefficient (Wildman–Crippen LogP) is 0.155. The molecule has 0 spiro atoms. The SMILES string of the molecule is CC(C)(O)C(C)(C)O.[B]c1cncc(N2CCN(C)CC2)c1. The molecular formula is C16H28BN3O2. The number of pyridine rings is 1. The molecule has 22 heavy (non-hydrogen) atoms. The van der Waals surface area contributed by atoms with Crippen LogP contribution in [-0.2, 0) is 0 Å². The Balaban J connectivity index is 0.000000261. The Labute approximate surface area is 135 Å². The predicted molar refractivity (Wildman–Crippen MR) is 91.9 cm³/mol. The fourth-order valence-corrected chi connectivity index (χ4v) is 1.68. The van der Waals surface area contributed by atoms with Crippen molar-refractivity contribution in [1.29, 1.82) is 0 Å². The first-order chi connectivity index (χ1) is 10.0. The molecule has 1 aliphatic rings. The molecule has 2 N–H and O–H groups in total. The second-order valence-electron chi connectivity index (χ2n) is 6.88. The minimum atomic E-state index is -1.01. The molecular weight excluding hydrogens is 277 g/mol. The van der Waals surface area contributed by atoms with E-state index in [1.54, 1.807) is 33.9 Å². The lowest BCUT2D eigenvalue weighted by Gasteiger charge is -2.33. The lowest BCUT2D eigenvalue weighted by Crippen LogP contribution is -2.44. The molecule has 5 nitrogen and oxygen atoms in total. The van der Waals surface area contributed by atoms with E-state index in [1.807, 2.05) is 12.3 Å². The number of likely N-dealkylation sites (N-methyl/N-ethyl adjacent to an activating group) is 1. The average Bonchev–Trinajstić information content (AvgIpc) is 2.38. The van der Waals surface area contributed by atoms with E-state index in [0.717, 1.165) is 37.3 Å². The van der Waals surface area contributed by atoms with Crippen molar-refractivity contribution in [3.8, 4) is 0 Å². The monoisotopic (exact) mass is 305 g/mol. The van der Waals surface area contributed by atoms with Gasteiger partial charge in [-0.25, -0.2) is 0 Å². The summed E-state index contributed by atoms with van der Waals surface area (Å²) >= 11 is 0. The molecule has 2 heterocycles. The number of rotatable bonds is 2. The van der Waals surface area contributed by atoms with Crippen molar-refractivity contribution < 1.29 is 10.2 Å². The zero-order valence-corrected chi connectivity index (χ0v) is 14.4. The molecule has 0 bridgehead atoms. The third kappa shape index (κ3) is 5.95. The maximum Gasteiger partial charge on any atom is 0.116 e. The first-order valence-electron chi connectivity index (χ1n) is 7.59.